The molecule has 3 N–H and O–H groups in total. The van der Waals surface area contributed by atoms with E-state index in [0.717, 1.165) is 6.42 Å². The minimum Gasteiger partial charge on any atom is -0.481 e. The van der Waals surface area contributed by atoms with Crippen LogP contribution in [0.1, 0.15) is 33.1 Å². The maximum absolute atomic E-state index is 11.8. The minimum absolute atomic E-state index is 0.0511. The lowest BCUT2D eigenvalue weighted by Gasteiger charge is -2.28. The third kappa shape index (κ3) is 4.78. The van der Waals surface area contributed by atoms with Crippen molar-refractivity contribution in [1.82, 2.24) is 4.90 Å². The van der Waals surface area contributed by atoms with Crippen molar-refractivity contribution in [1.29, 1.82) is 0 Å². The molecule has 0 aliphatic rings. The standard InChI is InChI=1S/C10H20N2O3/c1-4-6-10(2,11)9(15)12(3)7-5-8(13)14/h4-7,11H2,1-3H3,(H,13,14). The quantitative estimate of drug-likeness (QED) is 0.674. The number of hydrogen-bond donors (Lipinski definition) is 2. The maximum atomic E-state index is 11.8. The summed E-state index contributed by atoms with van der Waals surface area (Å²) in [5.74, 6) is -1.12. The first-order chi connectivity index (χ1) is 6.81. The summed E-state index contributed by atoms with van der Waals surface area (Å²) in [6, 6.07) is 0. The number of aliphatic carboxylic acids is 1. The number of amides is 1. The van der Waals surface area contributed by atoms with Crippen LogP contribution in [0.4, 0.5) is 0 Å². The van der Waals surface area contributed by atoms with E-state index in [9.17, 15) is 9.59 Å². The van der Waals surface area contributed by atoms with Gasteiger partial charge in [-0.2, -0.15) is 0 Å². The van der Waals surface area contributed by atoms with E-state index in [2.05, 4.69) is 0 Å². The first-order valence-electron chi connectivity index (χ1n) is 5.07. The van der Waals surface area contributed by atoms with E-state index >= 15 is 0 Å². The monoisotopic (exact) mass is 216 g/mol. The topological polar surface area (TPSA) is 83.6 Å². The second-order valence-corrected chi connectivity index (χ2v) is 4.04. The number of rotatable bonds is 6. The summed E-state index contributed by atoms with van der Waals surface area (Å²) in [6.45, 7) is 3.83. The Hall–Kier alpha value is -1.10. The highest BCUT2D eigenvalue weighted by Gasteiger charge is 2.29. The van der Waals surface area contributed by atoms with Crippen molar-refractivity contribution < 1.29 is 14.7 Å². The predicted octanol–water partition coefficient (Wildman–Crippen LogP) is 0.437. The lowest BCUT2D eigenvalue weighted by molar-refractivity contribution is -0.139. The average molecular weight is 216 g/mol. The fraction of sp³-hybridized carbons (Fsp3) is 0.800. The molecular weight excluding hydrogens is 196 g/mol. The molecular formula is C10H20N2O3. The molecule has 0 aromatic carbocycles. The normalized spacial score (nSPS) is 14.4. The average Bonchev–Trinajstić information content (AvgIpc) is 2.12. The van der Waals surface area contributed by atoms with E-state index in [4.69, 9.17) is 10.8 Å². The van der Waals surface area contributed by atoms with Crippen molar-refractivity contribution in [2.24, 2.45) is 5.73 Å². The number of carboxylic acid groups (broad SMARTS) is 1. The number of hydrogen-bond acceptors (Lipinski definition) is 3. The number of likely N-dealkylation sites (N-methyl/N-ethyl adjacent to an activating group) is 1. The second-order valence-electron chi connectivity index (χ2n) is 4.04. The molecule has 0 saturated carbocycles. The molecule has 1 unspecified atom stereocenters. The highest BCUT2D eigenvalue weighted by atomic mass is 16.4. The number of nitrogens with two attached hydrogens (primary N) is 1. The SMILES string of the molecule is CCCC(C)(N)C(=O)N(C)CCC(=O)O. The first kappa shape index (κ1) is 13.9. The first-order valence-corrected chi connectivity index (χ1v) is 5.07. The Morgan fingerprint density at radius 3 is 2.40 bits per heavy atom. The number of carboxylic acids is 1. The molecule has 0 aromatic rings. The van der Waals surface area contributed by atoms with E-state index in [1.165, 1.54) is 4.90 Å². The van der Waals surface area contributed by atoms with Gasteiger partial charge in [-0.25, -0.2) is 0 Å². The molecule has 0 fully saturated rings. The summed E-state index contributed by atoms with van der Waals surface area (Å²) >= 11 is 0. The highest BCUT2D eigenvalue weighted by Crippen LogP contribution is 2.11. The van der Waals surface area contributed by atoms with E-state index in [-0.39, 0.29) is 18.9 Å². The van der Waals surface area contributed by atoms with Crippen molar-refractivity contribution in [3.05, 3.63) is 0 Å². The molecule has 15 heavy (non-hydrogen) atoms. The van der Waals surface area contributed by atoms with Crippen molar-refractivity contribution >= 4 is 11.9 Å². The van der Waals surface area contributed by atoms with Crippen LogP contribution in [-0.2, 0) is 9.59 Å². The third-order valence-electron chi connectivity index (χ3n) is 2.27. The van der Waals surface area contributed by atoms with E-state index in [0.29, 0.717) is 6.42 Å². The molecule has 0 rings (SSSR count). The van der Waals surface area contributed by atoms with Gasteiger partial charge in [0.15, 0.2) is 0 Å². The van der Waals surface area contributed by atoms with Crippen LogP contribution in [0.5, 0.6) is 0 Å². The molecule has 0 bridgehead atoms. The summed E-state index contributed by atoms with van der Waals surface area (Å²) in [4.78, 5) is 23.5. The number of nitrogens with zero attached hydrogens (tertiary/aromatic N) is 1. The third-order valence-corrected chi connectivity index (χ3v) is 2.27. The Labute approximate surface area is 90.2 Å². The van der Waals surface area contributed by atoms with Gasteiger partial charge < -0.3 is 15.7 Å². The Balaban J connectivity index is 4.24. The van der Waals surface area contributed by atoms with Crippen molar-refractivity contribution in [2.75, 3.05) is 13.6 Å². The van der Waals surface area contributed by atoms with Gasteiger partial charge in [-0.1, -0.05) is 13.3 Å². The van der Waals surface area contributed by atoms with Crippen LogP contribution in [0.15, 0.2) is 0 Å². The van der Waals surface area contributed by atoms with Crippen molar-refractivity contribution in [3.63, 3.8) is 0 Å². The number of carbonyl (C=O) groups excluding carboxylic acids is 1. The van der Waals surface area contributed by atoms with Crippen LogP contribution in [0, 0.1) is 0 Å². The summed E-state index contributed by atoms with van der Waals surface area (Å²) in [5.41, 5.74) is 4.95. The van der Waals surface area contributed by atoms with E-state index in [1.54, 1.807) is 14.0 Å². The Morgan fingerprint density at radius 1 is 1.47 bits per heavy atom. The lowest BCUT2D eigenvalue weighted by atomic mass is 9.96. The zero-order valence-corrected chi connectivity index (χ0v) is 9.62. The van der Waals surface area contributed by atoms with Gasteiger partial charge in [-0.3, -0.25) is 9.59 Å². The van der Waals surface area contributed by atoms with Gasteiger partial charge in [0.1, 0.15) is 0 Å². The molecule has 0 spiro atoms. The molecule has 1 atom stereocenters. The van der Waals surface area contributed by atoms with Crippen LogP contribution >= 0.6 is 0 Å². The number of carbonyl (C=O) groups is 2. The highest BCUT2D eigenvalue weighted by molar-refractivity contribution is 5.85. The molecule has 0 aliphatic carbocycles. The van der Waals surface area contributed by atoms with Gasteiger partial charge in [-0.15, -0.1) is 0 Å². The molecule has 88 valence electrons. The van der Waals surface area contributed by atoms with Crippen LogP contribution in [0.2, 0.25) is 0 Å². The largest absolute Gasteiger partial charge is 0.481 e. The fourth-order valence-electron chi connectivity index (χ4n) is 1.43. The molecule has 0 saturated heterocycles. The zero-order chi connectivity index (χ0) is 12.1. The second kappa shape index (κ2) is 5.70. The van der Waals surface area contributed by atoms with E-state index < -0.39 is 11.5 Å². The minimum atomic E-state index is -0.913. The fourth-order valence-corrected chi connectivity index (χ4v) is 1.43. The van der Waals surface area contributed by atoms with Gasteiger partial charge in [0.05, 0.1) is 12.0 Å². The smallest absolute Gasteiger partial charge is 0.305 e. The molecule has 1 amide bonds. The summed E-state index contributed by atoms with van der Waals surface area (Å²) in [5, 5.41) is 8.48. The van der Waals surface area contributed by atoms with Crippen molar-refractivity contribution in [3.8, 4) is 0 Å². The lowest BCUT2D eigenvalue weighted by Crippen LogP contribution is -2.52. The van der Waals surface area contributed by atoms with Crippen LogP contribution < -0.4 is 5.73 Å². The van der Waals surface area contributed by atoms with Crippen LogP contribution in [0.25, 0.3) is 0 Å². The summed E-state index contributed by atoms with van der Waals surface area (Å²) in [6.07, 6.45) is 1.37. The van der Waals surface area contributed by atoms with Gasteiger partial charge in [0.25, 0.3) is 0 Å². The molecule has 0 aromatic heterocycles. The van der Waals surface area contributed by atoms with Gasteiger partial charge in [-0.05, 0) is 13.3 Å². The van der Waals surface area contributed by atoms with Crippen LogP contribution in [0.3, 0.4) is 0 Å². The Kier molecular flexibility index (Phi) is 5.28. The molecule has 0 radical (unpaired) electrons. The molecule has 0 heterocycles. The van der Waals surface area contributed by atoms with Gasteiger partial charge in [0.2, 0.25) is 5.91 Å². The van der Waals surface area contributed by atoms with Crippen molar-refractivity contribution in [2.45, 2.75) is 38.6 Å². The van der Waals surface area contributed by atoms with Gasteiger partial charge in [0, 0.05) is 13.6 Å². The summed E-state index contributed by atoms with van der Waals surface area (Å²) in [7, 11) is 1.58. The molecule has 0 aliphatic heterocycles. The Morgan fingerprint density at radius 2 is 2.00 bits per heavy atom. The zero-order valence-electron chi connectivity index (χ0n) is 9.62. The summed E-state index contributed by atoms with van der Waals surface area (Å²) < 4.78 is 0. The maximum Gasteiger partial charge on any atom is 0.305 e. The molecule has 5 nitrogen and oxygen atoms in total. The molecule has 5 heteroatoms. The Bertz CT molecular complexity index is 239. The van der Waals surface area contributed by atoms with Crippen LogP contribution in [-0.4, -0.2) is 41.0 Å². The van der Waals surface area contributed by atoms with E-state index in [1.807, 2.05) is 6.92 Å². The predicted molar refractivity (Wildman–Crippen MR) is 57.4 cm³/mol. The van der Waals surface area contributed by atoms with Gasteiger partial charge >= 0.3 is 5.97 Å².